The Morgan fingerprint density at radius 2 is 0.909 bits per heavy atom. The smallest absolute Gasteiger partial charge is 0.143 e. The molecule has 1 aliphatic carbocycles. The van der Waals surface area contributed by atoms with Gasteiger partial charge in [-0.2, -0.15) is 0 Å². The standard InChI is InChI=1S/C52H29NO2/c1-4-16-45-35(9-1)43-27-30(31-21-26-50-44(28-31)37-11-3-5-17-48(37)54-50)20-24-47(43)53(45)46-25-23-39-34-22-19-32(29-42(34)38-13-8-15-41(46)51(38)39)33-12-7-14-40-36-10-2-6-18-49(36)55-52(33)40/h1-29H. The first-order valence-corrected chi connectivity index (χ1v) is 18.8. The molecule has 55 heavy (non-hydrogen) atoms. The van der Waals surface area contributed by atoms with Crippen molar-refractivity contribution in [1.29, 1.82) is 0 Å². The van der Waals surface area contributed by atoms with Crippen LogP contribution in [0.4, 0.5) is 0 Å². The molecule has 3 nitrogen and oxygen atoms in total. The molecule has 0 radical (unpaired) electrons. The van der Waals surface area contributed by atoms with E-state index in [1.807, 2.05) is 18.2 Å². The van der Waals surface area contributed by atoms with Gasteiger partial charge in [0.05, 0.1) is 16.7 Å². The highest BCUT2D eigenvalue weighted by Gasteiger charge is 2.25. The van der Waals surface area contributed by atoms with E-state index >= 15 is 0 Å². The first-order valence-electron chi connectivity index (χ1n) is 18.8. The Kier molecular flexibility index (Phi) is 5.63. The van der Waals surface area contributed by atoms with Crippen molar-refractivity contribution < 1.29 is 8.83 Å². The lowest BCUT2D eigenvalue weighted by molar-refractivity contribution is 0.669. The fourth-order valence-electron chi connectivity index (χ4n) is 9.50. The van der Waals surface area contributed by atoms with Gasteiger partial charge in [-0.15, -0.1) is 0 Å². The van der Waals surface area contributed by atoms with Crippen molar-refractivity contribution in [1.82, 2.24) is 4.57 Å². The van der Waals surface area contributed by atoms with E-state index in [-0.39, 0.29) is 0 Å². The second-order valence-electron chi connectivity index (χ2n) is 14.8. The van der Waals surface area contributed by atoms with E-state index in [0.29, 0.717) is 0 Å². The van der Waals surface area contributed by atoms with Gasteiger partial charge < -0.3 is 13.4 Å². The van der Waals surface area contributed by atoms with Crippen LogP contribution in [0.1, 0.15) is 0 Å². The number of hydrogen-bond donors (Lipinski definition) is 0. The molecule has 0 aliphatic heterocycles. The molecule has 1 aliphatic rings. The molecule has 12 aromatic rings. The van der Waals surface area contributed by atoms with Crippen LogP contribution < -0.4 is 0 Å². The van der Waals surface area contributed by atoms with Gasteiger partial charge in [-0.25, -0.2) is 0 Å². The number of aromatic nitrogens is 1. The van der Waals surface area contributed by atoms with Crippen molar-refractivity contribution in [3.63, 3.8) is 0 Å². The lowest BCUT2D eigenvalue weighted by Crippen LogP contribution is -1.95. The zero-order valence-electron chi connectivity index (χ0n) is 29.5. The van der Waals surface area contributed by atoms with Crippen molar-refractivity contribution >= 4 is 76.5 Å². The van der Waals surface area contributed by atoms with Crippen molar-refractivity contribution in [2.24, 2.45) is 0 Å². The topological polar surface area (TPSA) is 31.2 Å². The fraction of sp³-hybridized carbons (Fsp3) is 0. The van der Waals surface area contributed by atoms with Crippen LogP contribution in [-0.4, -0.2) is 4.57 Å². The molecule has 0 fully saturated rings. The molecule has 0 bridgehead atoms. The lowest BCUT2D eigenvalue weighted by Gasteiger charge is -2.13. The molecule has 3 heteroatoms. The second kappa shape index (κ2) is 10.6. The third kappa shape index (κ3) is 3.94. The molecule has 0 spiro atoms. The summed E-state index contributed by atoms with van der Waals surface area (Å²) in [7, 11) is 0. The van der Waals surface area contributed by atoms with Crippen LogP contribution in [0.2, 0.25) is 0 Å². The summed E-state index contributed by atoms with van der Waals surface area (Å²) in [6, 6.07) is 63.7. The average Bonchev–Trinajstić information content (AvgIpc) is 3.99. The van der Waals surface area contributed by atoms with E-state index < -0.39 is 0 Å². The molecule has 0 N–H and O–H groups in total. The van der Waals surface area contributed by atoms with Gasteiger partial charge in [-0.05, 0) is 98.9 Å². The van der Waals surface area contributed by atoms with Gasteiger partial charge in [-0.3, -0.25) is 0 Å². The molecule has 0 saturated carbocycles. The molecule has 0 atom stereocenters. The van der Waals surface area contributed by atoms with Gasteiger partial charge in [0.15, 0.2) is 0 Å². The van der Waals surface area contributed by atoms with Gasteiger partial charge in [-0.1, -0.05) is 121 Å². The minimum absolute atomic E-state index is 0.914. The number of benzene rings is 9. The van der Waals surface area contributed by atoms with Crippen LogP contribution in [0.3, 0.4) is 0 Å². The number of para-hydroxylation sites is 4. The summed E-state index contributed by atoms with van der Waals surface area (Å²) in [5.41, 5.74) is 17.0. The van der Waals surface area contributed by atoms with Crippen LogP contribution in [0.25, 0.3) is 127 Å². The van der Waals surface area contributed by atoms with E-state index in [1.54, 1.807) is 0 Å². The van der Waals surface area contributed by atoms with Gasteiger partial charge in [0.2, 0.25) is 0 Å². The van der Waals surface area contributed by atoms with Gasteiger partial charge in [0.25, 0.3) is 0 Å². The largest absolute Gasteiger partial charge is 0.456 e. The Morgan fingerprint density at radius 1 is 0.309 bits per heavy atom. The normalized spacial score (nSPS) is 12.4. The SMILES string of the molecule is c1ccc2c(c1)oc1ccc(-c3ccc4c(c3)c3ccccc3n4-c3ccc4c5c(cccc35)-c3cc(-c5cccc6c5oc5ccccc56)ccc3-4)cc12. The summed E-state index contributed by atoms with van der Waals surface area (Å²) in [5.74, 6) is 0. The molecule has 254 valence electrons. The zero-order valence-corrected chi connectivity index (χ0v) is 29.5. The van der Waals surface area contributed by atoms with Gasteiger partial charge >= 0.3 is 0 Å². The maximum atomic E-state index is 6.46. The van der Waals surface area contributed by atoms with Crippen LogP contribution in [-0.2, 0) is 0 Å². The zero-order chi connectivity index (χ0) is 35.8. The predicted octanol–water partition coefficient (Wildman–Crippen LogP) is 14.7. The van der Waals surface area contributed by atoms with E-state index in [2.05, 4.69) is 162 Å². The van der Waals surface area contributed by atoms with Crippen LogP contribution in [0.5, 0.6) is 0 Å². The average molecular weight is 700 g/mol. The number of rotatable bonds is 3. The Morgan fingerprint density at radius 3 is 1.78 bits per heavy atom. The molecule has 0 saturated heterocycles. The fourth-order valence-corrected chi connectivity index (χ4v) is 9.50. The molecule has 13 rings (SSSR count). The lowest BCUT2D eigenvalue weighted by atomic mass is 9.96. The van der Waals surface area contributed by atoms with Crippen molar-refractivity contribution in [3.05, 3.63) is 176 Å². The molecule has 0 amide bonds. The van der Waals surface area contributed by atoms with Crippen LogP contribution in [0, 0.1) is 0 Å². The Balaban J connectivity index is 0.979. The molecule has 9 aromatic carbocycles. The third-order valence-electron chi connectivity index (χ3n) is 12.0. The maximum Gasteiger partial charge on any atom is 0.143 e. The Labute approximate surface area is 314 Å². The van der Waals surface area contributed by atoms with E-state index in [9.17, 15) is 0 Å². The van der Waals surface area contributed by atoms with Crippen molar-refractivity contribution in [3.8, 4) is 50.2 Å². The maximum absolute atomic E-state index is 6.46. The monoisotopic (exact) mass is 699 g/mol. The van der Waals surface area contributed by atoms with Crippen molar-refractivity contribution in [2.45, 2.75) is 0 Å². The summed E-state index contributed by atoms with van der Waals surface area (Å²) >= 11 is 0. The van der Waals surface area contributed by atoms with Gasteiger partial charge in [0.1, 0.15) is 22.3 Å². The first-order chi connectivity index (χ1) is 27.3. The minimum Gasteiger partial charge on any atom is -0.456 e. The predicted molar refractivity (Wildman–Crippen MR) is 228 cm³/mol. The quantitative estimate of drug-likeness (QED) is 0.184. The van der Waals surface area contributed by atoms with E-state index in [0.717, 1.165) is 55.0 Å². The number of fused-ring (bicyclic) bond motifs is 12. The van der Waals surface area contributed by atoms with Gasteiger partial charge in [0, 0.05) is 43.3 Å². The summed E-state index contributed by atoms with van der Waals surface area (Å²) in [5, 5.41) is 9.61. The first kappa shape index (κ1) is 29.1. The highest BCUT2D eigenvalue weighted by atomic mass is 16.3. The summed E-state index contributed by atoms with van der Waals surface area (Å²) in [4.78, 5) is 0. The number of hydrogen-bond acceptors (Lipinski definition) is 2. The summed E-state index contributed by atoms with van der Waals surface area (Å²) < 4.78 is 15.1. The summed E-state index contributed by atoms with van der Waals surface area (Å²) in [6.07, 6.45) is 0. The van der Waals surface area contributed by atoms with Crippen molar-refractivity contribution in [2.75, 3.05) is 0 Å². The van der Waals surface area contributed by atoms with E-state index in [4.69, 9.17) is 8.83 Å². The third-order valence-corrected chi connectivity index (χ3v) is 12.0. The number of furan rings is 2. The van der Waals surface area contributed by atoms with Crippen LogP contribution in [0.15, 0.2) is 185 Å². The molecule has 3 heterocycles. The highest BCUT2D eigenvalue weighted by Crippen LogP contribution is 2.51. The Bertz CT molecular complexity index is 3610. The molecular formula is C52H29NO2. The number of nitrogens with zero attached hydrogens (tertiary/aromatic N) is 1. The second-order valence-corrected chi connectivity index (χ2v) is 14.8. The highest BCUT2D eigenvalue weighted by molar-refractivity contribution is 6.20. The summed E-state index contributed by atoms with van der Waals surface area (Å²) in [6.45, 7) is 0. The molecular weight excluding hydrogens is 671 g/mol. The van der Waals surface area contributed by atoms with E-state index in [1.165, 1.54) is 71.6 Å². The molecule has 0 unspecified atom stereocenters. The molecule has 3 aromatic heterocycles. The Hall–Kier alpha value is -7.36. The minimum atomic E-state index is 0.914. The van der Waals surface area contributed by atoms with Crippen LogP contribution >= 0.6 is 0 Å².